The Morgan fingerprint density at radius 2 is 1.60 bits per heavy atom. The zero-order chi connectivity index (χ0) is 17.9. The lowest BCUT2D eigenvalue weighted by atomic mass is 9.84. The van der Waals surface area contributed by atoms with Crippen molar-refractivity contribution in [1.82, 2.24) is 0 Å². The molecule has 0 unspecified atom stereocenters. The summed E-state index contributed by atoms with van der Waals surface area (Å²) >= 11 is 3.38. The summed E-state index contributed by atoms with van der Waals surface area (Å²) in [5, 5.41) is 4.08. The van der Waals surface area contributed by atoms with Gasteiger partial charge in [-0.1, -0.05) is 32.9 Å². The van der Waals surface area contributed by atoms with Crippen molar-refractivity contribution in [3.05, 3.63) is 51.2 Å². The number of ether oxygens (including phenoxy) is 1. The summed E-state index contributed by atoms with van der Waals surface area (Å²) in [5.41, 5.74) is 7.71. The van der Waals surface area contributed by atoms with Crippen LogP contribution in [0.15, 0.2) is 29.6 Å². The average Bonchev–Trinajstić information content (AvgIpc) is 3.09. The van der Waals surface area contributed by atoms with Crippen LogP contribution in [0.3, 0.4) is 0 Å². The van der Waals surface area contributed by atoms with Crippen LogP contribution in [0, 0.1) is 20.8 Å². The molecular formula is C21H23NOS2. The standard InChI is InChI=1S/C21H23NOS2/c1-12-9-15(21(4,5)6)10-13(2)18(12)22-16-7-8-24-19(16)23-20-17(22)11-14(3)25-20/h7-11H,1-6H3. The Morgan fingerprint density at radius 3 is 2.24 bits per heavy atom. The molecule has 0 atom stereocenters. The molecule has 0 fully saturated rings. The van der Waals surface area contributed by atoms with Gasteiger partial charge >= 0.3 is 0 Å². The molecule has 0 aliphatic carbocycles. The predicted octanol–water partition coefficient (Wildman–Crippen LogP) is 7.61. The first-order valence-electron chi connectivity index (χ1n) is 8.53. The molecule has 1 aliphatic heterocycles. The second-order valence-electron chi connectivity index (χ2n) is 7.77. The predicted molar refractivity (Wildman–Crippen MR) is 110 cm³/mol. The zero-order valence-corrected chi connectivity index (χ0v) is 17.2. The molecule has 0 spiro atoms. The smallest absolute Gasteiger partial charge is 0.206 e. The molecule has 0 amide bonds. The molecule has 3 heterocycles. The van der Waals surface area contributed by atoms with Gasteiger partial charge < -0.3 is 9.64 Å². The Bertz CT molecular complexity index is 936. The van der Waals surface area contributed by atoms with Crippen LogP contribution in [-0.2, 0) is 5.41 Å². The first-order chi connectivity index (χ1) is 11.8. The summed E-state index contributed by atoms with van der Waals surface area (Å²) < 4.78 is 6.14. The minimum absolute atomic E-state index is 0.150. The lowest BCUT2D eigenvalue weighted by molar-refractivity contribution is 0.505. The second-order valence-corrected chi connectivity index (χ2v) is 9.87. The van der Waals surface area contributed by atoms with Crippen molar-refractivity contribution in [2.45, 2.75) is 47.0 Å². The highest BCUT2D eigenvalue weighted by atomic mass is 32.1. The van der Waals surface area contributed by atoms with Gasteiger partial charge in [-0.15, -0.1) is 22.7 Å². The Kier molecular flexibility index (Phi) is 3.74. The van der Waals surface area contributed by atoms with E-state index < -0.39 is 0 Å². The third kappa shape index (κ3) is 2.68. The maximum Gasteiger partial charge on any atom is 0.206 e. The van der Waals surface area contributed by atoms with Crippen molar-refractivity contribution in [2.24, 2.45) is 0 Å². The molecule has 0 N–H and O–H groups in total. The summed E-state index contributed by atoms with van der Waals surface area (Å²) in [6.45, 7) is 13.4. The molecule has 3 aromatic rings. The van der Waals surface area contributed by atoms with Crippen molar-refractivity contribution in [1.29, 1.82) is 0 Å². The van der Waals surface area contributed by atoms with Gasteiger partial charge in [0.2, 0.25) is 10.1 Å². The van der Waals surface area contributed by atoms with Crippen LogP contribution in [0.5, 0.6) is 10.1 Å². The SMILES string of the molecule is Cc1cc2c(s1)Oc1sccc1N2c1c(C)cc(C(C)(C)C)cc1C. The van der Waals surface area contributed by atoms with Gasteiger partial charge in [0, 0.05) is 4.88 Å². The number of anilines is 3. The summed E-state index contributed by atoms with van der Waals surface area (Å²) in [4.78, 5) is 3.65. The minimum Gasteiger partial charge on any atom is -0.431 e. The molecule has 2 nitrogen and oxygen atoms in total. The first kappa shape index (κ1) is 16.7. The molecule has 4 rings (SSSR count). The Balaban J connectivity index is 1.95. The molecule has 0 bridgehead atoms. The van der Waals surface area contributed by atoms with E-state index in [9.17, 15) is 0 Å². The number of rotatable bonds is 1. The molecule has 0 saturated heterocycles. The van der Waals surface area contributed by atoms with Gasteiger partial charge in [0.15, 0.2) is 0 Å². The van der Waals surface area contributed by atoms with E-state index in [1.807, 2.05) is 0 Å². The Hall–Kier alpha value is -1.78. The third-order valence-corrected chi connectivity index (χ3v) is 6.36. The molecule has 1 aliphatic rings. The maximum atomic E-state index is 6.14. The molecule has 1 aromatic carbocycles. The van der Waals surface area contributed by atoms with Crippen LogP contribution >= 0.6 is 22.7 Å². The van der Waals surface area contributed by atoms with E-state index in [0.29, 0.717) is 0 Å². The summed E-state index contributed by atoms with van der Waals surface area (Å²) in [6, 6.07) is 9.06. The van der Waals surface area contributed by atoms with Gasteiger partial charge in [-0.3, -0.25) is 0 Å². The van der Waals surface area contributed by atoms with Crippen LogP contribution in [0.25, 0.3) is 0 Å². The van der Waals surface area contributed by atoms with Gasteiger partial charge in [0.05, 0.1) is 5.69 Å². The maximum absolute atomic E-state index is 6.14. The molecule has 0 radical (unpaired) electrons. The monoisotopic (exact) mass is 369 g/mol. The van der Waals surface area contributed by atoms with Crippen molar-refractivity contribution in [3.8, 4) is 10.1 Å². The number of thiophene rings is 2. The van der Waals surface area contributed by atoms with Gasteiger partial charge in [-0.05, 0) is 60.4 Å². The molecule has 2 aromatic heterocycles. The van der Waals surface area contributed by atoms with Crippen molar-refractivity contribution in [3.63, 3.8) is 0 Å². The van der Waals surface area contributed by atoms with Gasteiger partial charge in [-0.2, -0.15) is 0 Å². The highest BCUT2D eigenvalue weighted by Gasteiger charge is 2.31. The van der Waals surface area contributed by atoms with Crippen LogP contribution in [-0.4, -0.2) is 0 Å². The number of hydrogen-bond acceptors (Lipinski definition) is 4. The highest BCUT2D eigenvalue weighted by molar-refractivity contribution is 7.15. The number of aryl methyl sites for hydroxylation is 3. The van der Waals surface area contributed by atoms with Gasteiger partial charge in [0.25, 0.3) is 0 Å². The topological polar surface area (TPSA) is 12.5 Å². The van der Waals surface area contributed by atoms with Crippen LogP contribution in [0.1, 0.15) is 42.3 Å². The Morgan fingerprint density at radius 1 is 0.920 bits per heavy atom. The quantitative estimate of drug-likeness (QED) is 0.342. The summed E-state index contributed by atoms with van der Waals surface area (Å²) in [5.74, 6) is 0. The van der Waals surface area contributed by atoms with E-state index in [1.165, 1.54) is 27.3 Å². The van der Waals surface area contributed by atoms with Crippen molar-refractivity contribution < 1.29 is 4.74 Å². The van der Waals surface area contributed by atoms with E-state index in [1.54, 1.807) is 22.7 Å². The van der Waals surface area contributed by atoms with Crippen LogP contribution in [0.2, 0.25) is 0 Å². The fraction of sp³-hybridized carbons (Fsp3) is 0.333. The van der Waals surface area contributed by atoms with E-state index in [-0.39, 0.29) is 5.41 Å². The van der Waals surface area contributed by atoms with Crippen molar-refractivity contribution >= 4 is 39.7 Å². The number of benzene rings is 1. The summed E-state index contributed by atoms with van der Waals surface area (Å²) in [6.07, 6.45) is 0. The third-order valence-electron chi connectivity index (χ3n) is 4.66. The molecule has 25 heavy (non-hydrogen) atoms. The van der Waals surface area contributed by atoms with E-state index in [0.717, 1.165) is 21.5 Å². The average molecular weight is 370 g/mol. The molecule has 130 valence electrons. The fourth-order valence-corrected chi connectivity index (χ4v) is 5.06. The van der Waals surface area contributed by atoms with E-state index in [2.05, 4.69) is 76.1 Å². The molecular weight excluding hydrogens is 346 g/mol. The van der Waals surface area contributed by atoms with E-state index >= 15 is 0 Å². The highest BCUT2D eigenvalue weighted by Crippen LogP contribution is 2.56. The molecule has 0 saturated carbocycles. The zero-order valence-electron chi connectivity index (χ0n) is 15.6. The normalized spacial score (nSPS) is 13.4. The number of nitrogens with zero attached hydrogens (tertiary/aromatic N) is 1. The summed E-state index contributed by atoms with van der Waals surface area (Å²) in [7, 11) is 0. The van der Waals surface area contributed by atoms with Crippen molar-refractivity contribution in [2.75, 3.05) is 4.90 Å². The Labute approximate surface area is 157 Å². The second kappa shape index (κ2) is 5.61. The van der Waals surface area contributed by atoms with E-state index in [4.69, 9.17) is 4.74 Å². The molecule has 4 heteroatoms. The van der Waals surface area contributed by atoms with Gasteiger partial charge in [-0.25, -0.2) is 0 Å². The number of fused-ring (bicyclic) bond motifs is 2. The number of hydrogen-bond donors (Lipinski definition) is 0. The minimum atomic E-state index is 0.150. The van der Waals surface area contributed by atoms with Crippen LogP contribution < -0.4 is 9.64 Å². The largest absolute Gasteiger partial charge is 0.431 e. The lowest BCUT2D eigenvalue weighted by Gasteiger charge is -2.32. The van der Waals surface area contributed by atoms with Gasteiger partial charge in [0.1, 0.15) is 11.4 Å². The first-order valence-corrected chi connectivity index (χ1v) is 10.2. The lowest BCUT2D eigenvalue weighted by Crippen LogP contribution is -2.17. The fourth-order valence-electron chi connectivity index (χ4n) is 3.44. The van der Waals surface area contributed by atoms with Crippen LogP contribution in [0.4, 0.5) is 17.1 Å².